The largest absolute Gasteiger partial charge is 0.495 e. The summed E-state index contributed by atoms with van der Waals surface area (Å²) in [4.78, 5) is 14.2. The van der Waals surface area contributed by atoms with Crippen LogP contribution in [0.25, 0.3) is 10.9 Å². The number of rotatable bonds is 4. The van der Waals surface area contributed by atoms with Gasteiger partial charge in [-0.05, 0) is 27.6 Å². The number of amides is 1. The standard InChI is InChI=1S/C14H16BrClN2O2/c1-7(5-17-8(2)19)10-6-18-14-9(10)4-11(20-3)13(16)12(14)15/h4,6-7,18H,5H2,1-3H3,(H,17,19). The maximum Gasteiger partial charge on any atom is 0.216 e. The van der Waals surface area contributed by atoms with Crippen molar-refractivity contribution in [2.75, 3.05) is 13.7 Å². The molecule has 0 spiro atoms. The van der Waals surface area contributed by atoms with Crippen LogP contribution in [0, 0.1) is 0 Å². The molecule has 2 aromatic rings. The molecular formula is C14H16BrClN2O2. The molecule has 1 heterocycles. The highest BCUT2D eigenvalue weighted by molar-refractivity contribution is 9.10. The van der Waals surface area contributed by atoms with Gasteiger partial charge < -0.3 is 15.0 Å². The van der Waals surface area contributed by atoms with Crippen LogP contribution in [0.3, 0.4) is 0 Å². The van der Waals surface area contributed by atoms with Gasteiger partial charge in [-0.3, -0.25) is 4.79 Å². The van der Waals surface area contributed by atoms with Crippen molar-refractivity contribution in [3.05, 3.63) is 27.3 Å². The summed E-state index contributed by atoms with van der Waals surface area (Å²) in [5, 5.41) is 4.41. The molecular weight excluding hydrogens is 344 g/mol. The van der Waals surface area contributed by atoms with Crippen molar-refractivity contribution in [3.8, 4) is 5.75 Å². The van der Waals surface area contributed by atoms with E-state index in [1.165, 1.54) is 6.92 Å². The van der Waals surface area contributed by atoms with Crippen LogP contribution >= 0.6 is 27.5 Å². The van der Waals surface area contributed by atoms with Gasteiger partial charge in [0.1, 0.15) is 5.75 Å². The Hall–Kier alpha value is -1.20. The summed E-state index contributed by atoms with van der Waals surface area (Å²) in [5.41, 5.74) is 2.05. The minimum absolute atomic E-state index is 0.0292. The number of hydrogen-bond acceptors (Lipinski definition) is 2. The number of fused-ring (bicyclic) bond motifs is 1. The molecule has 6 heteroatoms. The van der Waals surface area contributed by atoms with Crippen molar-refractivity contribution in [2.45, 2.75) is 19.8 Å². The second kappa shape index (κ2) is 6.06. The van der Waals surface area contributed by atoms with Crippen molar-refractivity contribution < 1.29 is 9.53 Å². The van der Waals surface area contributed by atoms with Gasteiger partial charge in [-0.15, -0.1) is 0 Å². The third kappa shape index (κ3) is 2.79. The van der Waals surface area contributed by atoms with E-state index < -0.39 is 0 Å². The first-order valence-electron chi connectivity index (χ1n) is 6.23. The number of nitrogens with one attached hydrogen (secondary N) is 2. The lowest BCUT2D eigenvalue weighted by atomic mass is 10.0. The molecule has 1 aromatic carbocycles. The lowest BCUT2D eigenvalue weighted by Crippen LogP contribution is -2.24. The third-order valence-electron chi connectivity index (χ3n) is 3.26. The number of carbonyl (C=O) groups excluding carboxylic acids is 1. The van der Waals surface area contributed by atoms with Gasteiger partial charge in [-0.2, -0.15) is 0 Å². The summed E-state index contributed by atoms with van der Waals surface area (Å²) in [6.45, 7) is 4.17. The molecule has 0 fully saturated rings. The van der Waals surface area contributed by atoms with E-state index in [1.807, 2.05) is 12.3 Å². The van der Waals surface area contributed by atoms with Crippen molar-refractivity contribution in [3.63, 3.8) is 0 Å². The van der Waals surface area contributed by atoms with E-state index >= 15 is 0 Å². The van der Waals surface area contributed by atoms with Crippen LogP contribution < -0.4 is 10.1 Å². The highest BCUT2D eigenvalue weighted by Gasteiger charge is 2.17. The molecule has 1 amide bonds. The predicted octanol–water partition coefficient (Wildman–Crippen LogP) is 3.83. The van der Waals surface area contributed by atoms with E-state index in [0.29, 0.717) is 17.3 Å². The predicted molar refractivity (Wildman–Crippen MR) is 84.7 cm³/mol. The van der Waals surface area contributed by atoms with Crippen molar-refractivity contribution in [2.24, 2.45) is 0 Å². The van der Waals surface area contributed by atoms with Gasteiger partial charge in [-0.1, -0.05) is 18.5 Å². The monoisotopic (exact) mass is 358 g/mol. The molecule has 4 nitrogen and oxygen atoms in total. The van der Waals surface area contributed by atoms with Crippen LogP contribution in [0.2, 0.25) is 5.02 Å². The quantitative estimate of drug-likeness (QED) is 0.871. The highest BCUT2D eigenvalue weighted by atomic mass is 79.9. The number of ether oxygens (including phenoxy) is 1. The number of hydrogen-bond donors (Lipinski definition) is 2. The van der Waals surface area contributed by atoms with Crippen LogP contribution in [-0.2, 0) is 4.79 Å². The molecule has 0 aliphatic carbocycles. The SMILES string of the molecule is COc1cc2c(C(C)CNC(C)=O)c[nH]c2c(Br)c1Cl. The zero-order valence-electron chi connectivity index (χ0n) is 11.5. The van der Waals surface area contributed by atoms with Gasteiger partial charge in [0.25, 0.3) is 0 Å². The lowest BCUT2D eigenvalue weighted by Gasteiger charge is -2.12. The number of H-pyrrole nitrogens is 1. The summed E-state index contributed by atoms with van der Waals surface area (Å²) in [7, 11) is 1.59. The van der Waals surface area contributed by atoms with Gasteiger partial charge in [0.15, 0.2) is 0 Å². The fraction of sp³-hybridized carbons (Fsp3) is 0.357. The average Bonchev–Trinajstić information content (AvgIpc) is 2.83. The highest BCUT2D eigenvalue weighted by Crippen LogP contribution is 2.40. The van der Waals surface area contributed by atoms with E-state index in [2.05, 4.69) is 33.2 Å². The summed E-state index contributed by atoms with van der Waals surface area (Å²) in [5.74, 6) is 0.780. The number of aromatic amines is 1. The van der Waals surface area contributed by atoms with Crippen molar-refractivity contribution in [1.29, 1.82) is 0 Å². The fourth-order valence-corrected chi connectivity index (χ4v) is 2.91. The smallest absolute Gasteiger partial charge is 0.216 e. The zero-order chi connectivity index (χ0) is 14.9. The van der Waals surface area contributed by atoms with Crippen LogP contribution in [0.4, 0.5) is 0 Å². The first-order chi connectivity index (χ1) is 9.45. The number of methoxy groups -OCH3 is 1. The summed E-state index contributed by atoms with van der Waals surface area (Å²) in [6.07, 6.45) is 1.94. The zero-order valence-corrected chi connectivity index (χ0v) is 13.9. The third-order valence-corrected chi connectivity index (χ3v) is 4.66. The number of carbonyl (C=O) groups is 1. The maximum absolute atomic E-state index is 11.0. The minimum Gasteiger partial charge on any atom is -0.495 e. The summed E-state index contributed by atoms with van der Waals surface area (Å²) < 4.78 is 6.07. The van der Waals surface area contributed by atoms with E-state index in [1.54, 1.807) is 7.11 Å². The number of halogens is 2. The Bertz CT molecular complexity index is 654. The van der Waals surface area contributed by atoms with Gasteiger partial charge >= 0.3 is 0 Å². The fourth-order valence-electron chi connectivity index (χ4n) is 2.16. The molecule has 2 rings (SSSR count). The number of aromatic nitrogens is 1. The first kappa shape index (κ1) is 15.2. The normalized spacial score (nSPS) is 12.4. The lowest BCUT2D eigenvalue weighted by molar-refractivity contribution is -0.119. The Morgan fingerprint density at radius 1 is 1.60 bits per heavy atom. The van der Waals surface area contributed by atoms with Gasteiger partial charge in [0.2, 0.25) is 5.91 Å². The molecule has 20 heavy (non-hydrogen) atoms. The molecule has 0 saturated carbocycles. The summed E-state index contributed by atoms with van der Waals surface area (Å²) in [6, 6.07) is 1.92. The number of benzene rings is 1. The van der Waals surface area contributed by atoms with Gasteiger partial charge in [0, 0.05) is 31.0 Å². The molecule has 0 radical (unpaired) electrons. The second-order valence-electron chi connectivity index (χ2n) is 4.71. The Labute approximate surface area is 131 Å². The molecule has 0 saturated heterocycles. The van der Waals surface area contributed by atoms with Gasteiger partial charge in [-0.25, -0.2) is 0 Å². The van der Waals surface area contributed by atoms with E-state index in [-0.39, 0.29) is 11.8 Å². The maximum atomic E-state index is 11.0. The Morgan fingerprint density at radius 2 is 2.30 bits per heavy atom. The minimum atomic E-state index is -0.0292. The summed E-state index contributed by atoms with van der Waals surface area (Å²) >= 11 is 9.70. The average molecular weight is 360 g/mol. The molecule has 0 bridgehead atoms. The Balaban J connectivity index is 2.45. The molecule has 1 atom stereocenters. The van der Waals surface area contributed by atoms with E-state index in [0.717, 1.165) is 20.9 Å². The van der Waals surface area contributed by atoms with Crippen LogP contribution in [0.15, 0.2) is 16.7 Å². The molecule has 0 aliphatic rings. The molecule has 1 aromatic heterocycles. The van der Waals surface area contributed by atoms with Crippen LogP contribution in [-0.4, -0.2) is 24.5 Å². The Kier molecular flexibility index (Phi) is 4.60. The Morgan fingerprint density at radius 3 is 2.90 bits per heavy atom. The first-order valence-corrected chi connectivity index (χ1v) is 7.40. The van der Waals surface area contributed by atoms with Crippen molar-refractivity contribution >= 4 is 44.3 Å². The van der Waals surface area contributed by atoms with Gasteiger partial charge in [0.05, 0.1) is 22.1 Å². The van der Waals surface area contributed by atoms with Crippen molar-refractivity contribution in [1.82, 2.24) is 10.3 Å². The molecule has 1 unspecified atom stereocenters. The molecule has 108 valence electrons. The van der Waals surface area contributed by atoms with E-state index in [4.69, 9.17) is 16.3 Å². The molecule has 0 aliphatic heterocycles. The second-order valence-corrected chi connectivity index (χ2v) is 5.88. The van der Waals surface area contributed by atoms with Crippen LogP contribution in [0.1, 0.15) is 25.3 Å². The van der Waals surface area contributed by atoms with E-state index in [9.17, 15) is 4.79 Å². The topological polar surface area (TPSA) is 54.1 Å². The molecule has 2 N–H and O–H groups in total. The van der Waals surface area contributed by atoms with Crippen LogP contribution in [0.5, 0.6) is 5.75 Å².